The fourth-order valence-corrected chi connectivity index (χ4v) is 5.65. The molecule has 1 saturated carbocycles. The number of anilines is 2. The largest absolute Gasteiger partial charge is 0.371 e. The highest BCUT2D eigenvalue weighted by atomic mass is 16.5. The molecule has 1 aliphatic carbocycles. The van der Waals surface area contributed by atoms with Gasteiger partial charge in [0.1, 0.15) is 5.82 Å². The number of morpholine rings is 1. The van der Waals surface area contributed by atoms with Crippen LogP contribution in [0.5, 0.6) is 0 Å². The van der Waals surface area contributed by atoms with Crippen LogP contribution in [-0.4, -0.2) is 63.2 Å². The number of hydrogen-bond donors (Lipinski definition) is 3. The van der Waals surface area contributed by atoms with E-state index in [4.69, 9.17) is 20.4 Å². The second kappa shape index (κ2) is 9.67. The number of nitrogens with two attached hydrogens (primary N) is 1. The second-order valence-electron chi connectivity index (χ2n) is 10.2. The molecule has 10 heteroatoms. The van der Waals surface area contributed by atoms with Crippen molar-refractivity contribution >= 4 is 28.6 Å². The fraction of sp³-hybridized carbons (Fsp3) is 0.538. The second-order valence-corrected chi connectivity index (χ2v) is 10.2. The maximum atomic E-state index is 12.5. The van der Waals surface area contributed by atoms with E-state index < -0.39 is 0 Å². The summed E-state index contributed by atoms with van der Waals surface area (Å²) < 4.78 is 7.96. The van der Waals surface area contributed by atoms with Crippen molar-refractivity contribution in [3.8, 4) is 11.4 Å². The van der Waals surface area contributed by atoms with Crippen LogP contribution in [0, 0.1) is 0 Å². The van der Waals surface area contributed by atoms with E-state index in [2.05, 4.69) is 27.6 Å². The Morgan fingerprint density at radius 2 is 1.78 bits per heavy atom. The van der Waals surface area contributed by atoms with Gasteiger partial charge in [-0.05, 0) is 69.7 Å². The molecular weight excluding hydrogens is 456 g/mol. The summed E-state index contributed by atoms with van der Waals surface area (Å²) in [4.78, 5) is 24.7. The molecule has 6 rings (SSSR count). The number of nitrogens with one attached hydrogen (secondary N) is 2. The first-order valence-corrected chi connectivity index (χ1v) is 13.1. The smallest absolute Gasteiger partial charge is 0.319 e. The molecule has 2 bridgehead atoms. The summed E-state index contributed by atoms with van der Waals surface area (Å²) >= 11 is 0. The van der Waals surface area contributed by atoms with Crippen LogP contribution in [0.15, 0.2) is 30.5 Å². The van der Waals surface area contributed by atoms with Crippen LogP contribution >= 0.6 is 0 Å². The predicted octanol–water partition coefficient (Wildman–Crippen LogP) is 3.27. The Balaban J connectivity index is 1.22. The summed E-state index contributed by atoms with van der Waals surface area (Å²) in [7, 11) is 0. The number of rotatable bonds is 5. The molecule has 3 aromatic rings. The zero-order valence-corrected chi connectivity index (χ0v) is 20.7. The van der Waals surface area contributed by atoms with Crippen molar-refractivity contribution in [2.75, 3.05) is 23.3 Å². The Morgan fingerprint density at radius 1 is 1.06 bits per heavy atom. The highest BCUT2D eigenvalue weighted by Gasteiger charge is 2.35. The Morgan fingerprint density at radius 3 is 2.47 bits per heavy atom. The van der Waals surface area contributed by atoms with Crippen LogP contribution in [0.1, 0.15) is 45.4 Å². The van der Waals surface area contributed by atoms with Crippen LogP contribution in [0.2, 0.25) is 0 Å². The van der Waals surface area contributed by atoms with E-state index in [-0.39, 0.29) is 30.3 Å². The Kier molecular flexibility index (Phi) is 6.22. The van der Waals surface area contributed by atoms with Crippen LogP contribution in [0.25, 0.3) is 22.4 Å². The molecule has 2 saturated heterocycles. The van der Waals surface area contributed by atoms with Gasteiger partial charge in [0.05, 0.1) is 23.8 Å². The molecule has 190 valence electrons. The van der Waals surface area contributed by atoms with Gasteiger partial charge in [0, 0.05) is 43.0 Å². The molecule has 2 aliphatic heterocycles. The summed E-state index contributed by atoms with van der Waals surface area (Å²) in [5, 5.41) is 11.5. The van der Waals surface area contributed by atoms with Gasteiger partial charge in [0.15, 0.2) is 11.5 Å². The van der Waals surface area contributed by atoms with Crippen molar-refractivity contribution in [1.29, 1.82) is 0 Å². The van der Waals surface area contributed by atoms with Gasteiger partial charge in [-0.25, -0.2) is 19.4 Å². The number of amides is 2. The highest BCUT2D eigenvalue weighted by Crippen LogP contribution is 2.33. The average Bonchev–Trinajstić information content (AvgIpc) is 3.46. The van der Waals surface area contributed by atoms with Gasteiger partial charge in [-0.3, -0.25) is 0 Å². The molecule has 0 radical (unpaired) electrons. The molecule has 3 fully saturated rings. The first kappa shape index (κ1) is 23.2. The summed E-state index contributed by atoms with van der Waals surface area (Å²) in [5.74, 6) is 1.57. The SMILES string of the molecule is CCn1ncc2c(N3CC4CCC(C3)O4)nc(-c3ccc(NC(=O)N[C@H]4CC[C@@H](N)CC4)cc3)nc21. The minimum Gasteiger partial charge on any atom is -0.371 e. The van der Waals surface area contributed by atoms with Crippen LogP contribution in [-0.2, 0) is 11.3 Å². The van der Waals surface area contributed by atoms with E-state index in [0.717, 1.165) is 86.3 Å². The molecular formula is C26H34N8O2. The number of hydrogen-bond acceptors (Lipinski definition) is 7. The molecule has 4 heterocycles. The van der Waals surface area contributed by atoms with Crippen LogP contribution in [0.3, 0.4) is 0 Å². The van der Waals surface area contributed by atoms with Crippen molar-refractivity contribution in [3.63, 3.8) is 0 Å². The monoisotopic (exact) mass is 490 g/mol. The quantitative estimate of drug-likeness (QED) is 0.501. The third-order valence-corrected chi connectivity index (χ3v) is 7.63. The number of fused-ring (bicyclic) bond motifs is 3. The number of nitrogens with zero attached hydrogens (tertiary/aromatic N) is 5. The van der Waals surface area contributed by atoms with Gasteiger partial charge in [0.25, 0.3) is 0 Å². The van der Waals surface area contributed by atoms with Crippen molar-refractivity contribution in [2.45, 2.75) is 76.3 Å². The zero-order chi connectivity index (χ0) is 24.6. The van der Waals surface area contributed by atoms with E-state index in [1.165, 1.54) is 0 Å². The average molecular weight is 491 g/mol. The number of urea groups is 1. The number of carbonyl (C=O) groups is 1. The minimum atomic E-state index is -0.183. The topological polar surface area (TPSA) is 123 Å². The summed E-state index contributed by atoms with van der Waals surface area (Å²) in [6.07, 6.45) is 8.37. The Labute approximate surface area is 210 Å². The minimum absolute atomic E-state index is 0.182. The molecule has 2 aromatic heterocycles. The van der Waals surface area contributed by atoms with Gasteiger partial charge >= 0.3 is 6.03 Å². The molecule has 1 aromatic carbocycles. The van der Waals surface area contributed by atoms with Gasteiger partial charge in [-0.1, -0.05) is 0 Å². The zero-order valence-electron chi connectivity index (χ0n) is 20.7. The number of aryl methyl sites for hydroxylation is 1. The number of ether oxygens (including phenoxy) is 1. The lowest BCUT2D eigenvalue weighted by molar-refractivity contribution is 0.0303. The lowest BCUT2D eigenvalue weighted by Crippen LogP contribution is -2.43. The third-order valence-electron chi connectivity index (χ3n) is 7.63. The Bertz CT molecular complexity index is 1220. The molecule has 2 amide bonds. The van der Waals surface area contributed by atoms with E-state index >= 15 is 0 Å². The van der Waals surface area contributed by atoms with E-state index in [1.54, 1.807) is 0 Å². The van der Waals surface area contributed by atoms with E-state index in [9.17, 15) is 4.79 Å². The Hall–Kier alpha value is -3.24. The van der Waals surface area contributed by atoms with Crippen molar-refractivity contribution in [3.05, 3.63) is 30.5 Å². The maximum absolute atomic E-state index is 12.5. The van der Waals surface area contributed by atoms with Gasteiger partial charge in [-0.2, -0.15) is 5.10 Å². The number of benzene rings is 1. The summed E-state index contributed by atoms with van der Waals surface area (Å²) in [6.45, 7) is 4.48. The molecule has 4 N–H and O–H groups in total. The van der Waals surface area contributed by atoms with E-state index in [1.807, 2.05) is 35.1 Å². The van der Waals surface area contributed by atoms with Crippen molar-refractivity contribution < 1.29 is 9.53 Å². The molecule has 2 unspecified atom stereocenters. The predicted molar refractivity (Wildman–Crippen MR) is 139 cm³/mol. The first-order valence-electron chi connectivity index (χ1n) is 13.1. The molecule has 2 atom stereocenters. The maximum Gasteiger partial charge on any atom is 0.319 e. The van der Waals surface area contributed by atoms with Crippen LogP contribution < -0.4 is 21.3 Å². The summed E-state index contributed by atoms with van der Waals surface area (Å²) in [5.41, 5.74) is 8.43. The highest BCUT2D eigenvalue weighted by molar-refractivity contribution is 5.90. The lowest BCUT2D eigenvalue weighted by atomic mass is 9.92. The molecule has 3 aliphatic rings. The molecule has 10 nitrogen and oxygen atoms in total. The lowest BCUT2D eigenvalue weighted by Gasteiger charge is -2.33. The first-order chi connectivity index (χ1) is 17.6. The standard InChI is InChI=1S/C26H34N8O2/c1-2-34-25-22(13-28-34)24(33-14-20-11-12-21(15-33)36-20)31-23(32-25)16-3-7-18(8-4-16)29-26(35)30-19-9-5-17(27)6-10-19/h3-4,7-8,13,17,19-21H,2,5-6,9-12,14-15,27H2,1H3,(H2,29,30,35)/t17-,19+,20?,21?. The third kappa shape index (κ3) is 4.62. The van der Waals surface area contributed by atoms with Gasteiger partial charge in [-0.15, -0.1) is 0 Å². The molecule has 0 spiro atoms. The summed E-state index contributed by atoms with van der Waals surface area (Å²) in [6, 6.07) is 7.95. The number of aromatic nitrogens is 4. The fourth-order valence-electron chi connectivity index (χ4n) is 5.65. The van der Waals surface area contributed by atoms with Gasteiger partial charge in [0.2, 0.25) is 0 Å². The van der Waals surface area contributed by atoms with Crippen molar-refractivity contribution in [2.24, 2.45) is 5.73 Å². The normalized spacial score (nSPS) is 25.8. The molecule has 36 heavy (non-hydrogen) atoms. The van der Waals surface area contributed by atoms with E-state index in [0.29, 0.717) is 5.82 Å². The van der Waals surface area contributed by atoms with Gasteiger partial charge < -0.3 is 26.0 Å². The van der Waals surface area contributed by atoms with Crippen LogP contribution in [0.4, 0.5) is 16.3 Å². The number of carbonyl (C=O) groups excluding carboxylic acids is 1. The van der Waals surface area contributed by atoms with Crippen molar-refractivity contribution in [1.82, 2.24) is 25.1 Å².